The molecule has 0 atom stereocenters. The molecule has 1 aromatic rings. The number of benzene rings is 1. The van der Waals surface area contributed by atoms with Gasteiger partial charge in [-0.3, -0.25) is 0 Å². The third-order valence-electron chi connectivity index (χ3n) is 2.29. The van der Waals surface area contributed by atoms with Crippen molar-refractivity contribution in [1.82, 2.24) is 0 Å². The van der Waals surface area contributed by atoms with Gasteiger partial charge >= 0.3 is 0 Å². The Morgan fingerprint density at radius 2 is 1.53 bits per heavy atom. The van der Waals surface area contributed by atoms with E-state index in [1.54, 1.807) is 0 Å². The highest BCUT2D eigenvalue weighted by atomic mass is 19.2. The van der Waals surface area contributed by atoms with Crippen LogP contribution in [0.5, 0.6) is 0 Å². The van der Waals surface area contributed by atoms with E-state index in [9.17, 15) is 13.2 Å². The third kappa shape index (κ3) is 3.57. The Bertz CT molecular complexity index is 321. The average Bonchev–Trinajstić information content (AvgIpc) is 2.20. The van der Waals surface area contributed by atoms with Crippen LogP contribution in [-0.4, -0.2) is 0 Å². The lowest BCUT2D eigenvalue weighted by Gasteiger charge is -2.03. The molecule has 0 nitrogen and oxygen atoms in total. The standard InChI is InChI=1S/C12H14F3/c1-2-3-4-5-6-9-7-11(14)12(15)8-10(9)13/h7-8H,1-6H2. The van der Waals surface area contributed by atoms with Crippen LogP contribution in [0.1, 0.15) is 31.2 Å². The van der Waals surface area contributed by atoms with Gasteiger partial charge in [0, 0.05) is 6.07 Å². The molecule has 0 aliphatic carbocycles. The topological polar surface area (TPSA) is 0 Å². The van der Waals surface area contributed by atoms with Crippen LogP contribution in [0.2, 0.25) is 0 Å². The minimum atomic E-state index is -1.13. The Hall–Kier alpha value is -0.990. The van der Waals surface area contributed by atoms with Gasteiger partial charge in [0.25, 0.3) is 0 Å². The normalized spacial score (nSPS) is 10.7. The smallest absolute Gasteiger partial charge is 0.161 e. The van der Waals surface area contributed by atoms with Crippen molar-refractivity contribution in [2.24, 2.45) is 0 Å². The van der Waals surface area contributed by atoms with Gasteiger partial charge in [0.15, 0.2) is 11.6 Å². The number of halogens is 3. The van der Waals surface area contributed by atoms with Gasteiger partial charge in [-0.05, 0) is 24.5 Å². The zero-order chi connectivity index (χ0) is 11.3. The van der Waals surface area contributed by atoms with Gasteiger partial charge in [-0.25, -0.2) is 13.2 Å². The van der Waals surface area contributed by atoms with Crippen LogP contribution in [0.3, 0.4) is 0 Å². The van der Waals surface area contributed by atoms with E-state index in [-0.39, 0.29) is 5.56 Å². The van der Waals surface area contributed by atoms with Crippen LogP contribution in [0, 0.1) is 24.4 Å². The molecular weight excluding hydrogens is 201 g/mol. The van der Waals surface area contributed by atoms with Crippen molar-refractivity contribution in [1.29, 1.82) is 0 Å². The van der Waals surface area contributed by atoms with Crippen LogP contribution in [0.4, 0.5) is 13.2 Å². The van der Waals surface area contributed by atoms with Gasteiger partial charge in [0.05, 0.1) is 0 Å². The predicted molar refractivity (Wildman–Crippen MR) is 53.8 cm³/mol. The molecule has 1 rings (SSSR count). The zero-order valence-electron chi connectivity index (χ0n) is 8.53. The summed E-state index contributed by atoms with van der Waals surface area (Å²) in [7, 11) is 0. The Balaban J connectivity index is 2.57. The monoisotopic (exact) mass is 215 g/mol. The fraction of sp³-hybridized carbons (Fsp3) is 0.417. The van der Waals surface area contributed by atoms with E-state index < -0.39 is 17.5 Å². The number of unbranched alkanes of at least 4 members (excludes halogenated alkanes) is 3. The summed E-state index contributed by atoms with van der Waals surface area (Å²) in [6.07, 6.45) is 3.98. The van der Waals surface area contributed by atoms with Gasteiger partial charge in [0.1, 0.15) is 5.82 Å². The summed E-state index contributed by atoms with van der Waals surface area (Å²) in [5, 5.41) is 0. The zero-order valence-corrected chi connectivity index (χ0v) is 8.53. The first-order chi connectivity index (χ1) is 7.15. The fourth-order valence-electron chi connectivity index (χ4n) is 1.42. The maximum absolute atomic E-state index is 13.1. The molecule has 0 spiro atoms. The largest absolute Gasteiger partial charge is 0.207 e. The quantitative estimate of drug-likeness (QED) is 0.513. The highest BCUT2D eigenvalue weighted by Gasteiger charge is 2.08. The maximum Gasteiger partial charge on any atom is 0.161 e. The number of rotatable bonds is 5. The van der Waals surface area contributed by atoms with Crippen LogP contribution >= 0.6 is 0 Å². The van der Waals surface area contributed by atoms with E-state index in [4.69, 9.17) is 0 Å². The summed E-state index contributed by atoms with van der Waals surface area (Å²) in [5.74, 6) is -2.78. The number of aryl methyl sites for hydroxylation is 1. The number of hydrogen-bond donors (Lipinski definition) is 0. The van der Waals surface area contributed by atoms with E-state index in [1.165, 1.54) is 0 Å². The van der Waals surface area contributed by atoms with Crippen molar-refractivity contribution in [3.05, 3.63) is 42.1 Å². The summed E-state index contributed by atoms with van der Waals surface area (Å²) in [5.41, 5.74) is 0.248. The minimum Gasteiger partial charge on any atom is -0.207 e. The fourth-order valence-corrected chi connectivity index (χ4v) is 1.42. The molecule has 83 valence electrons. The summed E-state index contributed by atoms with van der Waals surface area (Å²) in [4.78, 5) is 0. The first-order valence-electron chi connectivity index (χ1n) is 5.08. The maximum atomic E-state index is 13.1. The van der Waals surface area contributed by atoms with Gasteiger partial charge in [0.2, 0.25) is 0 Å². The van der Waals surface area contributed by atoms with Crippen LogP contribution in [0.25, 0.3) is 0 Å². The molecule has 15 heavy (non-hydrogen) atoms. The van der Waals surface area contributed by atoms with Crippen LogP contribution < -0.4 is 0 Å². The van der Waals surface area contributed by atoms with Crippen molar-refractivity contribution < 1.29 is 13.2 Å². The first kappa shape index (κ1) is 12.1. The van der Waals surface area contributed by atoms with E-state index in [0.717, 1.165) is 31.7 Å². The lowest BCUT2D eigenvalue weighted by molar-refractivity contribution is 0.488. The van der Waals surface area contributed by atoms with Crippen molar-refractivity contribution in [3.63, 3.8) is 0 Å². The molecular formula is C12H14F3. The number of hydrogen-bond acceptors (Lipinski definition) is 0. The lowest BCUT2D eigenvalue weighted by atomic mass is 10.1. The van der Waals surface area contributed by atoms with Crippen LogP contribution in [-0.2, 0) is 6.42 Å². The van der Waals surface area contributed by atoms with Crippen molar-refractivity contribution in [2.75, 3.05) is 0 Å². The molecule has 3 heteroatoms. The Kier molecular flexibility index (Phi) is 4.66. The molecule has 0 aliphatic rings. The molecule has 0 fully saturated rings. The van der Waals surface area contributed by atoms with Crippen LogP contribution in [0.15, 0.2) is 12.1 Å². The first-order valence-corrected chi connectivity index (χ1v) is 5.08. The second-order valence-corrected chi connectivity index (χ2v) is 3.52. The molecule has 0 N–H and O–H groups in total. The molecule has 1 aromatic carbocycles. The van der Waals surface area contributed by atoms with Gasteiger partial charge in [-0.1, -0.05) is 26.2 Å². The molecule has 0 aromatic heterocycles. The highest BCUT2D eigenvalue weighted by Crippen LogP contribution is 2.16. The van der Waals surface area contributed by atoms with Crippen molar-refractivity contribution >= 4 is 0 Å². The average molecular weight is 215 g/mol. The predicted octanol–water partition coefficient (Wildman–Crippen LogP) is 4.04. The van der Waals surface area contributed by atoms with Gasteiger partial charge in [-0.15, -0.1) is 0 Å². The third-order valence-corrected chi connectivity index (χ3v) is 2.29. The van der Waals surface area contributed by atoms with E-state index in [0.29, 0.717) is 12.5 Å². The molecule has 0 saturated carbocycles. The lowest BCUT2D eigenvalue weighted by Crippen LogP contribution is -1.95. The molecule has 0 amide bonds. The second kappa shape index (κ2) is 5.79. The molecule has 0 aliphatic heterocycles. The summed E-state index contributed by atoms with van der Waals surface area (Å²) >= 11 is 0. The second-order valence-electron chi connectivity index (χ2n) is 3.52. The summed E-state index contributed by atoms with van der Waals surface area (Å²) < 4.78 is 38.5. The Morgan fingerprint density at radius 1 is 0.867 bits per heavy atom. The summed E-state index contributed by atoms with van der Waals surface area (Å²) in [6, 6.07) is 1.54. The van der Waals surface area contributed by atoms with Crippen molar-refractivity contribution in [3.8, 4) is 0 Å². The molecule has 0 unspecified atom stereocenters. The molecule has 0 bridgehead atoms. The van der Waals surface area contributed by atoms with Gasteiger partial charge < -0.3 is 0 Å². The molecule has 0 saturated heterocycles. The SMILES string of the molecule is [CH2]CCCCCc1cc(F)c(F)cc1F. The minimum absolute atomic E-state index is 0.248. The molecule has 1 radical (unpaired) electrons. The highest BCUT2D eigenvalue weighted by molar-refractivity contribution is 5.20. The van der Waals surface area contributed by atoms with E-state index in [2.05, 4.69) is 6.92 Å². The summed E-state index contributed by atoms with van der Waals surface area (Å²) in [6.45, 7) is 3.69. The van der Waals surface area contributed by atoms with E-state index in [1.807, 2.05) is 0 Å². The Morgan fingerprint density at radius 3 is 2.20 bits per heavy atom. The van der Waals surface area contributed by atoms with E-state index >= 15 is 0 Å². The van der Waals surface area contributed by atoms with Gasteiger partial charge in [-0.2, -0.15) is 0 Å². The van der Waals surface area contributed by atoms with Crippen molar-refractivity contribution in [2.45, 2.75) is 32.1 Å². The Labute approximate surface area is 88.1 Å². The molecule has 0 heterocycles.